The molecule has 22 heavy (non-hydrogen) atoms. The van der Waals surface area contributed by atoms with Crippen molar-refractivity contribution in [1.82, 2.24) is 4.98 Å². The van der Waals surface area contributed by atoms with Gasteiger partial charge in [-0.1, -0.05) is 50.1 Å². The minimum absolute atomic E-state index is 0.631. The van der Waals surface area contributed by atoms with Gasteiger partial charge in [0.15, 0.2) is 5.60 Å². The second-order valence-corrected chi connectivity index (χ2v) is 7.14. The Hall–Kier alpha value is -1.49. The molecule has 0 unspecified atom stereocenters. The number of rotatable bonds is 1. The first-order chi connectivity index (χ1) is 10.6. The molecule has 4 heteroatoms. The van der Waals surface area contributed by atoms with Crippen LogP contribution in [0.1, 0.15) is 16.8 Å². The summed E-state index contributed by atoms with van der Waals surface area (Å²) in [6.07, 6.45) is 1.71. The van der Waals surface area contributed by atoms with Crippen LogP contribution in [0, 0.1) is 0 Å². The van der Waals surface area contributed by atoms with Crippen LogP contribution in [0.5, 0.6) is 0 Å². The van der Waals surface area contributed by atoms with E-state index in [1.165, 1.54) is 0 Å². The van der Waals surface area contributed by atoms with Crippen LogP contribution in [-0.2, 0) is 5.60 Å². The molecule has 0 amide bonds. The van der Waals surface area contributed by atoms with Crippen LogP contribution in [0.3, 0.4) is 0 Å². The van der Waals surface area contributed by atoms with E-state index in [-0.39, 0.29) is 0 Å². The highest BCUT2D eigenvalue weighted by molar-refractivity contribution is 9.10. The number of fused-ring (bicyclic) bond motifs is 3. The maximum atomic E-state index is 11.6. The summed E-state index contributed by atoms with van der Waals surface area (Å²) < 4.78 is 1.87. The van der Waals surface area contributed by atoms with E-state index in [1.54, 1.807) is 6.20 Å². The van der Waals surface area contributed by atoms with Crippen LogP contribution in [0.15, 0.2) is 69.7 Å². The highest BCUT2D eigenvalue weighted by Crippen LogP contribution is 2.51. The topological polar surface area (TPSA) is 33.1 Å². The highest BCUT2D eigenvalue weighted by Gasteiger charge is 2.44. The summed E-state index contributed by atoms with van der Waals surface area (Å²) in [7, 11) is 0. The molecule has 0 saturated carbocycles. The Balaban J connectivity index is 2.11. The van der Waals surface area contributed by atoms with E-state index >= 15 is 0 Å². The van der Waals surface area contributed by atoms with Gasteiger partial charge in [-0.25, -0.2) is 0 Å². The van der Waals surface area contributed by atoms with Gasteiger partial charge in [0, 0.05) is 26.3 Å². The highest BCUT2D eigenvalue weighted by atomic mass is 79.9. The van der Waals surface area contributed by atoms with Crippen molar-refractivity contribution in [1.29, 1.82) is 0 Å². The average Bonchev–Trinajstić information content (AvgIpc) is 2.78. The standard InChI is InChI=1S/C18H11Br2NO/c19-11-4-6-13-14-7-5-12(20)10-16(14)18(22,15(13)9-11)17-3-1-2-8-21-17/h1-10,22H. The second kappa shape index (κ2) is 5.01. The normalized spacial score (nSPS) is 14.5. The number of aliphatic hydroxyl groups is 1. The van der Waals surface area contributed by atoms with Gasteiger partial charge in [0.1, 0.15) is 0 Å². The minimum atomic E-state index is -1.24. The van der Waals surface area contributed by atoms with Crippen molar-refractivity contribution in [3.05, 3.63) is 86.6 Å². The predicted octanol–water partition coefficient (Wildman–Crippen LogP) is 4.87. The van der Waals surface area contributed by atoms with Crippen LogP contribution in [-0.4, -0.2) is 10.1 Å². The van der Waals surface area contributed by atoms with Gasteiger partial charge in [0.05, 0.1) is 5.69 Å². The quantitative estimate of drug-likeness (QED) is 0.613. The summed E-state index contributed by atoms with van der Waals surface area (Å²) >= 11 is 7.02. The van der Waals surface area contributed by atoms with Gasteiger partial charge in [-0.05, 0) is 47.5 Å². The van der Waals surface area contributed by atoms with E-state index < -0.39 is 5.60 Å². The molecule has 4 rings (SSSR count). The van der Waals surface area contributed by atoms with Gasteiger partial charge < -0.3 is 5.11 Å². The molecule has 1 aliphatic carbocycles. The Morgan fingerprint density at radius 2 is 1.41 bits per heavy atom. The third kappa shape index (κ3) is 1.91. The molecule has 108 valence electrons. The first-order valence-corrected chi connectivity index (χ1v) is 8.43. The molecular weight excluding hydrogens is 406 g/mol. The lowest BCUT2D eigenvalue weighted by Crippen LogP contribution is -2.27. The molecule has 1 aliphatic rings. The third-order valence-corrected chi connectivity index (χ3v) is 5.06. The minimum Gasteiger partial charge on any atom is -0.374 e. The fourth-order valence-corrected chi connectivity index (χ4v) is 3.82. The molecule has 3 aromatic rings. The summed E-state index contributed by atoms with van der Waals surface area (Å²) in [5.41, 5.74) is 3.19. The molecule has 2 nitrogen and oxygen atoms in total. The van der Waals surface area contributed by atoms with Gasteiger partial charge >= 0.3 is 0 Å². The molecule has 0 radical (unpaired) electrons. The van der Waals surface area contributed by atoms with Crippen LogP contribution in [0.25, 0.3) is 11.1 Å². The molecule has 0 atom stereocenters. The van der Waals surface area contributed by atoms with Crippen molar-refractivity contribution >= 4 is 31.9 Å². The van der Waals surface area contributed by atoms with Crippen LogP contribution in [0.2, 0.25) is 0 Å². The first kappa shape index (κ1) is 14.1. The first-order valence-electron chi connectivity index (χ1n) is 6.85. The summed E-state index contributed by atoms with van der Waals surface area (Å²) in [6.45, 7) is 0. The van der Waals surface area contributed by atoms with Gasteiger partial charge in [0.2, 0.25) is 0 Å². The Morgan fingerprint density at radius 3 is 1.91 bits per heavy atom. The Kier molecular flexibility index (Phi) is 3.22. The van der Waals surface area contributed by atoms with Crippen LogP contribution in [0.4, 0.5) is 0 Å². The number of hydrogen-bond acceptors (Lipinski definition) is 2. The molecule has 2 aromatic carbocycles. The maximum Gasteiger partial charge on any atom is 0.158 e. The summed E-state index contributed by atoms with van der Waals surface area (Å²) in [5, 5.41) is 11.6. The zero-order valence-corrected chi connectivity index (χ0v) is 14.6. The fourth-order valence-electron chi connectivity index (χ4n) is 3.10. The monoisotopic (exact) mass is 415 g/mol. The number of pyridine rings is 1. The zero-order valence-electron chi connectivity index (χ0n) is 11.4. The summed E-state index contributed by atoms with van der Waals surface area (Å²) in [5.74, 6) is 0. The molecule has 0 spiro atoms. The van der Waals surface area contributed by atoms with E-state index in [0.717, 1.165) is 31.2 Å². The summed E-state index contributed by atoms with van der Waals surface area (Å²) in [6, 6.07) is 17.6. The van der Waals surface area contributed by atoms with E-state index in [0.29, 0.717) is 5.69 Å². The van der Waals surface area contributed by atoms with Crippen molar-refractivity contribution in [2.24, 2.45) is 0 Å². The molecular formula is C18H11Br2NO. The zero-order chi connectivity index (χ0) is 15.3. The molecule has 0 saturated heterocycles. The van der Waals surface area contributed by atoms with Crippen molar-refractivity contribution < 1.29 is 5.11 Å². The van der Waals surface area contributed by atoms with E-state index in [2.05, 4.69) is 36.8 Å². The van der Waals surface area contributed by atoms with E-state index in [9.17, 15) is 5.11 Å². The smallest absolute Gasteiger partial charge is 0.158 e. The molecule has 0 fully saturated rings. The number of aromatic nitrogens is 1. The maximum absolute atomic E-state index is 11.6. The number of hydrogen-bond donors (Lipinski definition) is 1. The lowest BCUT2D eigenvalue weighted by Gasteiger charge is -2.25. The number of nitrogens with zero attached hydrogens (tertiary/aromatic N) is 1. The molecule has 1 N–H and O–H groups in total. The Bertz CT molecular complexity index is 826. The van der Waals surface area contributed by atoms with Crippen molar-refractivity contribution in [3.8, 4) is 11.1 Å². The second-order valence-electron chi connectivity index (χ2n) is 5.31. The Labute approximate surface area is 145 Å². The summed E-state index contributed by atoms with van der Waals surface area (Å²) in [4.78, 5) is 4.41. The fraction of sp³-hybridized carbons (Fsp3) is 0.0556. The van der Waals surface area contributed by atoms with Crippen molar-refractivity contribution in [3.63, 3.8) is 0 Å². The van der Waals surface area contributed by atoms with E-state index in [1.807, 2.05) is 54.6 Å². The Morgan fingerprint density at radius 1 is 0.818 bits per heavy atom. The van der Waals surface area contributed by atoms with Gasteiger partial charge in [-0.3, -0.25) is 4.98 Å². The lowest BCUT2D eigenvalue weighted by molar-refractivity contribution is 0.125. The van der Waals surface area contributed by atoms with Gasteiger partial charge in [-0.15, -0.1) is 0 Å². The molecule has 0 aliphatic heterocycles. The van der Waals surface area contributed by atoms with E-state index in [4.69, 9.17) is 0 Å². The van der Waals surface area contributed by atoms with Crippen molar-refractivity contribution in [2.75, 3.05) is 0 Å². The van der Waals surface area contributed by atoms with Gasteiger partial charge in [0.25, 0.3) is 0 Å². The molecule has 1 heterocycles. The predicted molar refractivity (Wildman–Crippen MR) is 93.6 cm³/mol. The largest absolute Gasteiger partial charge is 0.374 e. The lowest BCUT2D eigenvalue weighted by atomic mass is 9.88. The van der Waals surface area contributed by atoms with Crippen molar-refractivity contribution in [2.45, 2.75) is 5.60 Å². The molecule has 0 bridgehead atoms. The number of halogens is 2. The van der Waals surface area contributed by atoms with Crippen LogP contribution < -0.4 is 0 Å². The number of benzene rings is 2. The van der Waals surface area contributed by atoms with Crippen LogP contribution >= 0.6 is 31.9 Å². The third-order valence-electron chi connectivity index (χ3n) is 4.07. The SMILES string of the molecule is OC1(c2ccccn2)c2cc(Br)ccc2-c2ccc(Br)cc21. The molecule has 1 aromatic heterocycles. The van der Waals surface area contributed by atoms with Gasteiger partial charge in [-0.2, -0.15) is 0 Å². The average molecular weight is 417 g/mol.